The quantitative estimate of drug-likeness (QED) is 0.786. The Morgan fingerprint density at radius 3 is 2.45 bits per heavy atom. The number of rotatable bonds is 3. The molecule has 1 aliphatic rings. The standard InChI is InChI=1S/C17H15ClO2/c18-14-8-6-12(7-9-14)16(19)15-10-11-20-17(15)13-4-2-1-3-5-13/h1-9,15,17H,10-11H2/t15-,17-/m0/s1. The highest BCUT2D eigenvalue weighted by molar-refractivity contribution is 6.30. The Kier molecular flexibility index (Phi) is 3.86. The molecule has 2 nitrogen and oxygen atoms in total. The number of ketones is 1. The minimum absolute atomic E-state index is 0.112. The maximum absolute atomic E-state index is 12.6. The molecule has 2 aromatic carbocycles. The number of hydrogen-bond acceptors (Lipinski definition) is 2. The van der Waals surface area contributed by atoms with Crippen molar-refractivity contribution in [2.24, 2.45) is 5.92 Å². The number of hydrogen-bond donors (Lipinski definition) is 0. The van der Waals surface area contributed by atoms with Crippen molar-refractivity contribution in [1.29, 1.82) is 0 Å². The van der Waals surface area contributed by atoms with Crippen LogP contribution in [0.5, 0.6) is 0 Å². The molecule has 20 heavy (non-hydrogen) atoms. The molecule has 0 spiro atoms. The van der Waals surface area contributed by atoms with E-state index in [0.717, 1.165) is 12.0 Å². The molecule has 0 unspecified atom stereocenters. The average molecular weight is 287 g/mol. The lowest BCUT2D eigenvalue weighted by molar-refractivity contribution is 0.0701. The number of carbonyl (C=O) groups is 1. The molecule has 102 valence electrons. The second-order valence-corrected chi connectivity index (χ2v) is 5.40. The molecule has 0 radical (unpaired) electrons. The molecule has 0 bridgehead atoms. The lowest BCUT2D eigenvalue weighted by Gasteiger charge is -2.18. The van der Waals surface area contributed by atoms with Crippen molar-refractivity contribution in [2.45, 2.75) is 12.5 Å². The maximum atomic E-state index is 12.6. The van der Waals surface area contributed by atoms with Gasteiger partial charge in [-0.1, -0.05) is 41.9 Å². The number of carbonyl (C=O) groups excluding carboxylic acids is 1. The first-order valence-electron chi connectivity index (χ1n) is 6.72. The van der Waals surface area contributed by atoms with Gasteiger partial charge in [-0.3, -0.25) is 4.79 Å². The summed E-state index contributed by atoms with van der Waals surface area (Å²) in [7, 11) is 0. The van der Waals surface area contributed by atoms with E-state index in [4.69, 9.17) is 16.3 Å². The van der Waals surface area contributed by atoms with Crippen molar-refractivity contribution in [1.82, 2.24) is 0 Å². The first kappa shape index (κ1) is 13.3. The molecule has 2 aromatic rings. The molecular formula is C17H15ClO2. The largest absolute Gasteiger partial charge is 0.373 e. The van der Waals surface area contributed by atoms with E-state index in [1.54, 1.807) is 24.3 Å². The minimum atomic E-state index is -0.139. The molecule has 1 aliphatic heterocycles. The van der Waals surface area contributed by atoms with Crippen LogP contribution in [-0.4, -0.2) is 12.4 Å². The summed E-state index contributed by atoms with van der Waals surface area (Å²) < 4.78 is 5.77. The van der Waals surface area contributed by atoms with Gasteiger partial charge in [-0.05, 0) is 36.2 Å². The minimum Gasteiger partial charge on any atom is -0.373 e. The van der Waals surface area contributed by atoms with Crippen LogP contribution in [0.15, 0.2) is 54.6 Å². The van der Waals surface area contributed by atoms with Crippen molar-refractivity contribution in [2.75, 3.05) is 6.61 Å². The highest BCUT2D eigenvalue weighted by Crippen LogP contribution is 2.36. The normalized spacial score (nSPS) is 21.9. The maximum Gasteiger partial charge on any atom is 0.168 e. The predicted octanol–water partition coefficient (Wildman–Crippen LogP) is 4.30. The van der Waals surface area contributed by atoms with E-state index in [1.165, 1.54) is 0 Å². The molecule has 0 N–H and O–H groups in total. The Bertz CT molecular complexity index is 592. The van der Waals surface area contributed by atoms with Crippen LogP contribution in [0, 0.1) is 5.92 Å². The van der Waals surface area contributed by atoms with Crippen LogP contribution in [0.25, 0.3) is 0 Å². The fourth-order valence-electron chi connectivity index (χ4n) is 2.66. The Morgan fingerprint density at radius 1 is 1.05 bits per heavy atom. The van der Waals surface area contributed by atoms with E-state index >= 15 is 0 Å². The number of benzene rings is 2. The van der Waals surface area contributed by atoms with Gasteiger partial charge in [0.05, 0.1) is 12.0 Å². The highest BCUT2D eigenvalue weighted by atomic mass is 35.5. The van der Waals surface area contributed by atoms with E-state index in [0.29, 0.717) is 17.2 Å². The van der Waals surface area contributed by atoms with E-state index in [9.17, 15) is 4.79 Å². The van der Waals surface area contributed by atoms with Crippen LogP contribution in [0.2, 0.25) is 5.02 Å². The van der Waals surface area contributed by atoms with Gasteiger partial charge in [0.25, 0.3) is 0 Å². The highest BCUT2D eigenvalue weighted by Gasteiger charge is 2.35. The summed E-state index contributed by atoms with van der Waals surface area (Å²) in [4.78, 5) is 12.6. The average Bonchev–Trinajstić information content (AvgIpc) is 2.97. The number of halogens is 1. The summed E-state index contributed by atoms with van der Waals surface area (Å²) in [5.74, 6) is 0.0200. The third-order valence-corrected chi connectivity index (χ3v) is 3.94. The smallest absolute Gasteiger partial charge is 0.168 e. The summed E-state index contributed by atoms with van der Waals surface area (Å²) >= 11 is 5.86. The molecule has 1 fully saturated rings. The Hall–Kier alpha value is -1.64. The Balaban J connectivity index is 1.85. The summed E-state index contributed by atoms with van der Waals surface area (Å²) in [6.45, 7) is 0.629. The Morgan fingerprint density at radius 2 is 1.75 bits per heavy atom. The van der Waals surface area contributed by atoms with Gasteiger partial charge >= 0.3 is 0 Å². The molecule has 1 saturated heterocycles. The first-order chi connectivity index (χ1) is 9.75. The van der Waals surface area contributed by atoms with Gasteiger partial charge in [-0.25, -0.2) is 0 Å². The molecular weight excluding hydrogens is 272 g/mol. The molecule has 2 atom stereocenters. The van der Waals surface area contributed by atoms with Crippen molar-refractivity contribution in [3.63, 3.8) is 0 Å². The van der Waals surface area contributed by atoms with Crippen molar-refractivity contribution < 1.29 is 9.53 Å². The molecule has 3 rings (SSSR count). The summed E-state index contributed by atoms with van der Waals surface area (Å²) in [6, 6.07) is 17.0. The second kappa shape index (κ2) is 5.78. The fourth-order valence-corrected chi connectivity index (χ4v) is 2.78. The van der Waals surface area contributed by atoms with Crippen LogP contribution in [0.3, 0.4) is 0 Å². The van der Waals surface area contributed by atoms with Crippen molar-refractivity contribution in [3.05, 3.63) is 70.7 Å². The monoisotopic (exact) mass is 286 g/mol. The molecule has 0 saturated carbocycles. The van der Waals surface area contributed by atoms with Crippen LogP contribution < -0.4 is 0 Å². The lowest BCUT2D eigenvalue weighted by atomic mass is 9.88. The van der Waals surface area contributed by atoms with Gasteiger partial charge in [0, 0.05) is 17.2 Å². The number of ether oxygens (including phenoxy) is 1. The topological polar surface area (TPSA) is 26.3 Å². The van der Waals surface area contributed by atoms with Crippen LogP contribution in [-0.2, 0) is 4.74 Å². The zero-order chi connectivity index (χ0) is 13.9. The number of Topliss-reactive ketones (excluding diaryl/α,β-unsaturated/α-hetero) is 1. The summed E-state index contributed by atoms with van der Waals surface area (Å²) in [5.41, 5.74) is 1.77. The third kappa shape index (κ3) is 2.62. The van der Waals surface area contributed by atoms with E-state index in [1.807, 2.05) is 30.3 Å². The van der Waals surface area contributed by atoms with Crippen molar-refractivity contribution >= 4 is 17.4 Å². The molecule has 0 amide bonds. The van der Waals surface area contributed by atoms with Crippen LogP contribution >= 0.6 is 11.6 Å². The molecule has 3 heteroatoms. The van der Waals surface area contributed by atoms with Crippen LogP contribution in [0.1, 0.15) is 28.4 Å². The molecule has 1 heterocycles. The van der Waals surface area contributed by atoms with Gasteiger partial charge in [-0.15, -0.1) is 0 Å². The van der Waals surface area contributed by atoms with Crippen LogP contribution in [0.4, 0.5) is 0 Å². The van der Waals surface area contributed by atoms with Gasteiger partial charge in [0.2, 0.25) is 0 Å². The Labute approximate surface area is 123 Å². The predicted molar refractivity (Wildman–Crippen MR) is 79.0 cm³/mol. The molecule has 0 aromatic heterocycles. The summed E-state index contributed by atoms with van der Waals surface area (Å²) in [6.07, 6.45) is 0.625. The second-order valence-electron chi connectivity index (χ2n) is 4.97. The summed E-state index contributed by atoms with van der Waals surface area (Å²) in [5, 5.41) is 0.642. The van der Waals surface area contributed by atoms with E-state index < -0.39 is 0 Å². The first-order valence-corrected chi connectivity index (χ1v) is 7.10. The van der Waals surface area contributed by atoms with E-state index in [-0.39, 0.29) is 17.8 Å². The van der Waals surface area contributed by atoms with Gasteiger partial charge in [0.15, 0.2) is 5.78 Å². The molecule has 0 aliphatic carbocycles. The van der Waals surface area contributed by atoms with Crippen molar-refractivity contribution in [3.8, 4) is 0 Å². The van der Waals surface area contributed by atoms with Gasteiger partial charge in [0.1, 0.15) is 0 Å². The fraction of sp³-hybridized carbons (Fsp3) is 0.235. The van der Waals surface area contributed by atoms with Gasteiger partial charge < -0.3 is 4.74 Å². The zero-order valence-corrected chi connectivity index (χ0v) is 11.7. The lowest BCUT2D eigenvalue weighted by Crippen LogP contribution is -2.18. The van der Waals surface area contributed by atoms with E-state index in [2.05, 4.69) is 0 Å². The van der Waals surface area contributed by atoms with Gasteiger partial charge in [-0.2, -0.15) is 0 Å². The SMILES string of the molecule is O=C(c1ccc(Cl)cc1)[C@@H]1CCO[C@H]1c1ccccc1. The zero-order valence-electron chi connectivity index (χ0n) is 11.0. The third-order valence-electron chi connectivity index (χ3n) is 3.69.